The van der Waals surface area contributed by atoms with Crippen molar-refractivity contribution in [3.8, 4) is 0 Å². The molecule has 1 rings (SSSR count). The van der Waals surface area contributed by atoms with Gasteiger partial charge < -0.3 is 4.90 Å². The molecule has 0 atom stereocenters. The first-order valence-corrected chi connectivity index (χ1v) is 6.43. The second-order valence-corrected chi connectivity index (χ2v) is 4.73. The van der Waals surface area contributed by atoms with Crippen molar-refractivity contribution < 1.29 is 0 Å². The van der Waals surface area contributed by atoms with Crippen molar-refractivity contribution in [1.29, 1.82) is 0 Å². The molecule has 1 aliphatic heterocycles. The fraction of sp³-hybridized carbons (Fsp3) is 0.600. The molecule has 0 unspecified atom stereocenters. The van der Waals surface area contributed by atoms with E-state index in [0.29, 0.717) is 0 Å². The molecule has 0 aromatic carbocycles. The van der Waals surface area contributed by atoms with Gasteiger partial charge in [-0.25, -0.2) is 0 Å². The highest BCUT2D eigenvalue weighted by Crippen LogP contribution is 2.23. The van der Waals surface area contributed by atoms with Crippen LogP contribution in [0.5, 0.6) is 0 Å². The maximum absolute atomic E-state index is 3.91. The van der Waals surface area contributed by atoms with Gasteiger partial charge in [0.1, 0.15) is 0 Å². The van der Waals surface area contributed by atoms with Crippen molar-refractivity contribution in [2.75, 3.05) is 20.1 Å². The smallest absolute Gasteiger partial charge is 0.00190 e. The van der Waals surface area contributed by atoms with Gasteiger partial charge in [-0.05, 0) is 57.3 Å². The van der Waals surface area contributed by atoms with Gasteiger partial charge in [0.25, 0.3) is 0 Å². The van der Waals surface area contributed by atoms with Gasteiger partial charge in [-0.2, -0.15) is 0 Å². The van der Waals surface area contributed by atoms with Crippen LogP contribution >= 0.6 is 0 Å². The zero-order valence-electron chi connectivity index (χ0n) is 10.8. The highest BCUT2D eigenvalue weighted by Gasteiger charge is 2.16. The van der Waals surface area contributed by atoms with E-state index >= 15 is 0 Å². The van der Waals surface area contributed by atoms with Gasteiger partial charge in [0.2, 0.25) is 0 Å². The molecule has 90 valence electrons. The van der Waals surface area contributed by atoms with Gasteiger partial charge in [-0.3, -0.25) is 0 Å². The minimum Gasteiger partial charge on any atom is -0.306 e. The van der Waals surface area contributed by atoms with Gasteiger partial charge >= 0.3 is 0 Å². The van der Waals surface area contributed by atoms with E-state index in [4.69, 9.17) is 0 Å². The van der Waals surface area contributed by atoms with Gasteiger partial charge in [0.15, 0.2) is 0 Å². The van der Waals surface area contributed by atoms with Gasteiger partial charge in [-0.1, -0.05) is 37.8 Å². The maximum Gasteiger partial charge on any atom is -0.00190 e. The summed E-state index contributed by atoms with van der Waals surface area (Å²) >= 11 is 0. The summed E-state index contributed by atoms with van der Waals surface area (Å²) in [6.07, 6.45) is 13.6. The molecule has 16 heavy (non-hydrogen) atoms. The van der Waals surface area contributed by atoms with Gasteiger partial charge in [0.05, 0.1) is 0 Å². The third-order valence-corrected chi connectivity index (χ3v) is 3.31. The molecule has 0 aliphatic carbocycles. The van der Waals surface area contributed by atoms with Crippen molar-refractivity contribution in [2.24, 2.45) is 5.92 Å². The average molecular weight is 219 g/mol. The van der Waals surface area contributed by atoms with E-state index in [-0.39, 0.29) is 0 Å². The summed E-state index contributed by atoms with van der Waals surface area (Å²) < 4.78 is 0. The Morgan fingerprint density at radius 2 is 2.06 bits per heavy atom. The highest BCUT2D eigenvalue weighted by molar-refractivity contribution is 5.22. The van der Waals surface area contributed by atoms with Crippen molar-refractivity contribution in [3.63, 3.8) is 0 Å². The first-order valence-electron chi connectivity index (χ1n) is 6.43. The first-order chi connectivity index (χ1) is 7.76. The van der Waals surface area contributed by atoms with E-state index in [1.165, 1.54) is 37.9 Å². The second kappa shape index (κ2) is 7.45. The summed E-state index contributed by atoms with van der Waals surface area (Å²) in [4.78, 5) is 2.42. The maximum atomic E-state index is 3.91. The standard InChI is InChI=1S/C15H25N/c1-4-6-7-8-14(5-2)13-15-9-11-16(3)12-10-15/h5-8,15H,2,4,9-13H2,1,3H3/b7-6-,14-8+. The van der Waals surface area contributed by atoms with E-state index in [1.54, 1.807) is 0 Å². The molecule has 0 saturated carbocycles. The number of likely N-dealkylation sites (tertiary alicyclic amines) is 1. The summed E-state index contributed by atoms with van der Waals surface area (Å²) in [5.74, 6) is 0.857. The number of rotatable bonds is 5. The van der Waals surface area contributed by atoms with E-state index in [1.807, 2.05) is 6.08 Å². The predicted molar refractivity (Wildman–Crippen MR) is 72.5 cm³/mol. The van der Waals surface area contributed by atoms with E-state index in [0.717, 1.165) is 12.3 Å². The number of hydrogen-bond donors (Lipinski definition) is 0. The first kappa shape index (κ1) is 13.2. The lowest BCUT2D eigenvalue weighted by Crippen LogP contribution is -2.30. The van der Waals surface area contributed by atoms with Crippen molar-refractivity contribution in [2.45, 2.75) is 32.6 Å². The molecular weight excluding hydrogens is 194 g/mol. The number of piperidine rings is 1. The minimum absolute atomic E-state index is 0.857. The molecule has 1 nitrogen and oxygen atoms in total. The van der Waals surface area contributed by atoms with Crippen LogP contribution < -0.4 is 0 Å². The largest absolute Gasteiger partial charge is 0.306 e. The normalized spacial score (nSPS) is 20.5. The fourth-order valence-electron chi connectivity index (χ4n) is 2.15. The highest BCUT2D eigenvalue weighted by atomic mass is 15.1. The summed E-state index contributed by atoms with van der Waals surface area (Å²) in [5.41, 5.74) is 1.39. The van der Waals surface area contributed by atoms with Crippen molar-refractivity contribution in [1.82, 2.24) is 4.90 Å². The number of nitrogens with zero attached hydrogens (tertiary/aromatic N) is 1. The van der Waals surface area contributed by atoms with Crippen LogP contribution in [0.4, 0.5) is 0 Å². The Morgan fingerprint density at radius 3 is 2.62 bits per heavy atom. The van der Waals surface area contributed by atoms with Crippen LogP contribution in [0.1, 0.15) is 32.6 Å². The third kappa shape index (κ3) is 4.80. The van der Waals surface area contributed by atoms with Crippen LogP contribution in [0.15, 0.2) is 36.5 Å². The summed E-state index contributed by atoms with van der Waals surface area (Å²) in [6, 6.07) is 0. The molecule has 1 fully saturated rings. The van der Waals surface area contributed by atoms with E-state index < -0.39 is 0 Å². The van der Waals surface area contributed by atoms with E-state index in [9.17, 15) is 0 Å². The van der Waals surface area contributed by atoms with Gasteiger partial charge in [-0.15, -0.1) is 0 Å². The Bertz CT molecular complexity index is 255. The molecule has 0 N–H and O–H groups in total. The lowest BCUT2D eigenvalue weighted by atomic mass is 9.90. The average Bonchev–Trinajstić information content (AvgIpc) is 2.31. The second-order valence-electron chi connectivity index (χ2n) is 4.73. The summed E-state index contributed by atoms with van der Waals surface area (Å²) in [6.45, 7) is 8.57. The van der Waals surface area contributed by atoms with Crippen molar-refractivity contribution in [3.05, 3.63) is 36.5 Å². The molecule has 1 aliphatic rings. The molecule has 1 saturated heterocycles. The zero-order valence-corrected chi connectivity index (χ0v) is 10.8. The Kier molecular flexibility index (Phi) is 6.17. The molecule has 0 aromatic rings. The van der Waals surface area contributed by atoms with Crippen LogP contribution in [0.25, 0.3) is 0 Å². The van der Waals surface area contributed by atoms with Crippen molar-refractivity contribution >= 4 is 0 Å². The lowest BCUT2D eigenvalue weighted by molar-refractivity contribution is 0.219. The van der Waals surface area contributed by atoms with E-state index in [2.05, 4.69) is 43.7 Å². The molecule has 0 amide bonds. The molecular formula is C15H25N. The summed E-state index contributed by atoms with van der Waals surface area (Å²) in [7, 11) is 2.21. The molecule has 0 bridgehead atoms. The van der Waals surface area contributed by atoms with Crippen LogP contribution in [-0.4, -0.2) is 25.0 Å². The molecule has 1 heteroatoms. The topological polar surface area (TPSA) is 3.24 Å². The molecule has 1 heterocycles. The Labute approximate surface area is 101 Å². The summed E-state index contributed by atoms with van der Waals surface area (Å²) in [5, 5.41) is 0. The molecule has 0 radical (unpaired) electrons. The monoisotopic (exact) mass is 219 g/mol. The van der Waals surface area contributed by atoms with Crippen LogP contribution in [0.3, 0.4) is 0 Å². The zero-order chi connectivity index (χ0) is 11.8. The van der Waals surface area contributed by atoms with Gasteiger partial charge in [0, 0.05) is 0 Å². The predicted octanol–water partition coefficient (Wildman–Crippen LogP) is 3.80. The van der Waals surface area contributed by atoms with Crippen LogP contribution in [0, 0.1) is 5.92 Å². The Balaban J connectivity index is 2.41. The SMILES string of the molecule is C=C/C(=C\C=C/CC)CC1CCN(C)CC1. The Hall–Kier alpha value is -0.820. The number of allylic oxidation sites excluding steroid dienone is 5. The Morgan fingerprint density at radius 1 is 1.38 bits per heavy atom. The fourth-order valence-corrected chi connectivity index (χ4v) is 2.15. The minimum atomic E-state index is 0.857. The lowest BCUT2D eigenvalue weighted by Gasteiger charge is -2.29. The van der Waals surface area contributed by atoms with Crippen LogP contribution in [0.2, 0.25) is 0 Å². The molecule has 0 aromatic heterocycles. The number of hydrogen-bond acceptors (Lipinski definition) is 1. The van der Waals surface area contributed by atoms with Crippen LogP contribution in [-0.2, 0) is 0 Å². The third-order valence-electron chi connectivity index (χ3n) is 3.31. The molecule has 0 spiro atoms. The quantitative estimate of drug-likeness (QED) is 0.636.